The minimum atomic E-state index is 0.246. The van der Waals surface area contributed by atoms with E-state index in [2.05, 4.69) is 41.2 Å². The van der Waals surface area contributed by atoms with Crippen molar-refractivity contribution in [3.63, 3.8) is 0 Å². The van der Waals surface area contributed by atoms with E-state index in [0.29, 0.717) is 11.8 Å². The van der Waals surface area contributed by atoms with Crippen LogP contribution in [0.3, 0.4) is 0 Å². The number of aliphatic imine (C=N–C) groups is 1. The van der Waals surface area contributed by atoms with E-state index < -0.39 is 0 Å². The Morgan fingerprint density at radius 1 is 1.20 bits per heavy atom. The summed E-state index contributed by atoms with van der Waals surface area (Å²) in [5, 5.41) is 3.42. The number of guanidine groups is 1. The Morgan fingerprint density at radius 2 is 1.88 bits per heavy atom. The van der Waals surface area contributed by atoms with Crippen molar-refractivity contribution in [2.45, 2.75) is 46.2 Å². The first kappa shape index (κ1) is 17.8. The highest BCUT2D eigenvalue weighted by Gasteiger charge is 2.30. The second-order valence-electron chi connectivity index (χ2n) is 7.93. The molecule has 0 atom stereocenters. The van der Waals surface area contributed by atoms with Gasteiger partial charge in [0.25, 0.3) is 0 Å². The van der Waals surface area contributed by atoms with Gasteiger partial charge in [0.1, 0.15) is 0 Å². The number of hydrogen-bond acceptors (Lipinski definition) is 2. The molecule has 25 heavy (non-hydrogen) atoms. The van der Waals surface area contributed by atoms with Crippen LogP contribution in [0, 0.1) is 5.41 Å². The Bertz CT molecular complexity index is 628. The molecular formula is C20H30N4O. The van der Waals surface area contributed by atoms with E-state index in [0.717, 1.165) is 45.1 Å². The molecule has 136 valence electrons. The van der Waals surface area contributed by atoms with Crippen LogP contribution in [-0.2, 0) is 17.9 Å². The lowest BCUT2D eigenvalue weighted by atomic mass is 9.93. The van der Waals surface area contributed by atoms with Gasteiger partial charge in [0, 0.05) is 46.2 Å². The van der Waals surface area contributed by atoms with Crippen molar-refractivity contribution in [1.29, 1.82) is 0 Å². The van der Waals surface area contributed by atoms with Crippen molar-refractivity contribution in [3.8, 4) is 0 Å². The minimum absolute atomic E-state index is 0.246. The number of benzene rings is 1. The molecule has 2 aliphatic heterocycles. The number of carbonyl (C=O) groups excluding carboxylic acids is 1. The predicted octanol–water partition coefficient (Wildman–Crippen LogP) is 2.62. The number of amides is 1. The van der Waals surface area contributed by atoms with Crippen LogP contribution in [-0.4, -0.2) is 48.3 Å². The zero-order chi connectivity index (χ0) is 17.9. The quantitative estimate of drug-likeness (QED) is 0.520. The van der Waals surface area contributed by atoms with Gasteiger partial charge in [-0.3, -0.25) is 9.79 Å². The highest BCUT2D eigenvalue weighted by atomic mass is 16.2. The lowest BCUT2D eigenvalue weighted by molar-refractivity contribution is -0.131. The van der Waals surface area contributed by atoms with Gasteiger partial charge in [-0.1, -0.05) is 38.1 Å². The third-order valence-corrected chi connectivity index (χ3v) is 5.23. The van der Waals surface area contributed by atoms with Crippen molar-refractivity contribution in [3.05, 3.63) is 35.4 Å². The summed E-state index contributed by atoms with van der Waals surface area (Å²) in [6, 6.07) is 8.32. The van der Waals surface area contributed by atoms with E-state index in [1.807, 2.05) is 24.1 Å². The smallest absolute Gasteiger partial charge is 0.223 e. The fourth-order valence-electron chi connectivity index (χ4n) is 3.73. The molecule has 0 aliphatic carbocycles. The standard InChI is InChI=1S/C20H30N4O/c1-20(2)10-12-23(15-20)19(21-3)22-11-6-9-18(25)24-13-16-7-4-5-8-17(16)14-24/h4-5,7-8H,6,9-15H2,1-3H3,(H,21,22). The maximum Gasteiger partial charge on any atom is 0.223 e. The summed E-state index contributed by atoms with van der Waals surface area (Å²) in [6.45, 7) is 8.99. The average Bonchev–Trinajstić information content (AvgIpc) is 3.17. The zero-order valence-electron chi connectivity index (χ0n) is 15.7. The molecule has 1 N–H and O–H groups in total. The number of likely N-dealkylation sites (tertiary alicyclic amines) is 1. The third kappa shape index (κ3) is 4.33. The van der Waals surface area contributed by atoms with Gasteiger partial charge in [-0.05, 0) is 29.4 Å². The topological polar surface area (TPSA) is 47.9 Å². The second kappa shape index (κ2) is 7.46. The van der Waals surface area contributed by atoms with Gasteiger partial charge in [0.2, 0.25) is 5.91 Å². The van der Waals surface area contributed by atoms with Crippen LogP contribution in [0.2, 0.25) is 0 Å². The Hall–Kier alpha value is -2.04. The van der Waals surface area contributed by atoms with Crippen LogP contribution in [0.1, 0.15) is 44.2 Å². The van der Waals surface area contributed by atoms with Crippen molar-refractivity contribution < 1.29 is 4.79 Å². The van der Waals surface area contributed by atoms with Gasteiger partial charge in [0.15, 0.2) is 5.96 Å². The van der Waals surface area contributed by atoms with Crippen molar-refractivity contribution in [2.24, 2.45) is 10.4 Å². The van der Waals surface area contributed by atoms with E-state index >= 15 is 0 Å². The third-order valence-electron chi connectivity index (χ3n) is 5.23. The number of fused-ring (bicyclic) bond motifs is 1. The fourth-order valence-corrected chi connectivity index (χ4v) is 3.73. The molecule has 1 aromatic carbocycles. The fraction of sp³-hybridized carbons (Fsp3) is 0.600. The maximum absolute atomic E-state index is 12.4. The Balaban J connectivity index is 1.39. The van der Waals surface area contributed by atoms with Crippen molar-refractivity contribution in [1.82, 2.24) is 15.1 Å². The SMILES string of the molecule is CN=C(NCCCC(=O)N1Cc2ccccc2C1)N1CCC(C)(C)C1. The molecule has 5 nitrogen and oxygen atoms in total. The van der Waals surface area contributed by atoms with Gasteiger partial charge in [-0.15, -0.1) is 0 Å². The lowest BCUT2D eigenvalue weighted by Gasteiger charge is -2.23. The van der Waals surface area contributed by atoms with E-state index in [-0.39, 0.29) is 5.91 Å². The van der Waals surface area contributed by atoms with Crippen LogP contribution in [0.25, 0.3) is 0 Å². The van der Waals surface area contributed by atoms with Crippen molar-refractivity contribution >= 4 is 11.9 Å². The Labute approximate surface area is 151 Å². The summed E-state index contributed by atoms with van der Waals surface area (Å²) in [7, 11) is 1.83. The monoisotopic (exact) mass is 342 g/mol. The molecule has 2 heterocycles. The normalized spacial score (nSPS) is 19.2. The summed E-state index contributed by atoms with van der Waals surface area (Å²) in [6.07, 6.45) is 2.62. The molecule has 5 heteroatoms. The molecule has 0 saturated carbocycles. The number of rotatable bonds is 4. The summed E-state index contributed by atoms with van der Waals surface area (Å²) >= 11 is 0. The maximum atomic E-state index is 12.4. The van der Waals surface area contributed by atoms with Gasteiger partial charge < -0.3 is 15.1 Å². The van der Waals surface area contributed by atoms with Crippen LogP contribution in [0.4, 0.5) is 0 Å². The largest absolute Gasteiger partial charge is 0.356 e. The molecule has 1 aromatic rings. The molecule has 2 aliphatic rings. The van der Waals surface area contributed by atoms with Gasteiger partial charge in [-0.25, -0.2) is 0 Å². The molecule has 1 saturated heterocycles. The lowest BCUT2D eigenvalue weighted by Crippen LogP contribution is -2.41. The number of nitrogens with one attached hydrogen (secondary N) is 1. The number of hydrogen-bond donors (Lipinski definition) is 1. The summed E-state index contributed by atoms with van der Waals surface area (Å²) in [4.78, 5) is 21.1. The summed E-state index contributed by atoms with van der Waals surface area (Å²) < 4.78 is 0. The van der Waals surface area contributed by atoms with Crippen LogP contribution >= 0.6 is 0 Å². The predicted molar refractivity (Wildman–Crippen MR) is 101 cm³/mol. The van der Waals surface area contributed by atoms with E-state index in [1.165, 1.54) is 17.5 Å². The summed E-state index contributed by atoms with van der Waals surface area (Å²) in [5.74, 6) is 1.21. The molecule has 0 unspecified atom stereocenters. The molecule has 1 fully saturated rings. The first-order valence-electron chi connectivity index (χ1n) is 9.29. The van der Waals surface area contributed by atoms with Crippen LogP contribution in [0.15, 0.2) is 29.3 Å². The number of nitrogens with zero attached hydrogens (tertiary/aromatic N) is 3. The van der Waals surface area contributed by atoms with E-state index in [1.54, 1.807) is 0 Å². The van der Waals surface area contributed by atoms with E-state index in [9.17, 15) is 4.79 Å². The summed E-state index contributed by atoms with van der Waals surface area (Å²) in [5.41, 5.74) is 2.93. The molecule has 0 aromatic heterocycles. The Kier molecular flexibility index (Phi) is 5.30. The second-order valence-corrected chi connectivity index (χ2v) is 7.93. The molecule has 3 rings (SSSR count). The van der Waals surface area contributed by atoms with Crippen LogP contribution < -0.4 is 5.32 Å². The number of carbonyl (C=O) groups is 1. The van der Waals surface area contributed by atoms with Gasteiger partial charge >= 0.3 is 0 Å². The minimum Gasteiger partial charge on any atom is -0.356 e. The highest BCUT2D eigenvalue weighted by molar-refractivity contribution is 5.80. The van der Waals surface area contributed by atoms with E-state index in [4.69, 9.17) is 0 Å². The van der Waals surface area contributed by atoms with Gasteiger partial charge in [-0.2, -0.15) is 0 Å². The first-order valence-corrected chi connectivity index (χ1v) is 9.29. The first-order chi connectivity index (χ1) is 12.0. The molecule has 0 radical (unpaired) electrons. The molecule has 0 bridgehead atoms. The Morgan fingerprint density at radius 3 is 2.44 bits per heavy atom. The van der Waals surface area contributed by atoms with Crippen LogP contribution in [0.5, 0.6) is 0 Å². The average molecular weight is 342 g/mol. The zero-order valence-corrected chi connectivity index (χ0v) is 15.7. The molecular weight excluding hydrogens is 312 g/mol. The van der Waals surface area contributed by atoms with Gasteiger partial charge in [0.05, 0.1) is 0 Å². The van der Waals surface area contributed by atoms with Crippen molar-refractivity contribution in [2.75, 3.05) is 26.7 Å². The molecule has 1 amide bonds. The molecule has 0 spiro atoms. The highest BCUT2D eigenvalue weighted by Crippen LogP contribution is 2.28.